The predicted molar refractivity (Wildman–Crippen MR) is 111 cm³/mol. The molecule has 29 heavy (non-hydrogen) atoms. The maximum absolute atomic E-state index is 13.0. The Bertz CT molecular complexity index is 816. The van der Waals surface area contributed by atoms with E-state index in [-0.39, 0.29) is 23.2 Å². The maximum atomic E-state index is 13.0. The highest BCUT2D eigenvalue weighted by atomic mass is 32.2. The van der Waals surface area contributed by atoms with E-state index in [4.69, 9.17) is 4.74 Å². The van der Waals surface area contributed by atoms with Crippen LogP contribution < -0.4 is 0 Å². The molecule has 0 aliphatic carbocycles. The summed E-state index contributed by atoms with van der Waals surface area (Å²) in [5, 5.41) is 0. The minimum Gasteiger partial charge on any atom is -0.379 e. The highest BCUT2D eigenvalue weighted by molar-refractivity contribution is 7.89. The van der Waals surface area contributed by atoms with Crippen LogP contribution in [0.25, 0.3) is 0 Å². The molecule has 0 radical (unpaired) electrons. The summed E-state index contributed by atoms with van der Waals surface area (Å²) in [6.45, 7) is 5.81. The first kappa shape index (κ1) is 20.8. The van der Waals surface area contributed by atoms with Crippen LogP contribution in [0.1, 0.15) is 31.7 Å². The lowest BCUT2D eigenvalue weighted by Gasteiger charge is -2.52. The molecule has 1 amide bonds. The van der Waals surface area contributed by atoms with Crippen LogP contribution >= 0.6 is 0 Å². The van der Waals surface area contributed by atoms with Gasteiger partial charge in [0.1, 0.15) is 0 Å². The van der Waals surface area contributed by atoms with Gasteiger partial charge in [0.05, 0.1) is 24.4 Å². The van der Waals surface area contributed by atoms with Crippen LogP contribution in [0.15, 0.2) is 30.3 Å². The van der Waals surface area contributed by atoms with Crippen LogP contribution in [0.4, 0.5) is 0 Å². The smallest absolute Gasteiger partial charge is 0.237 e. The van der Waals surface area contributed by atoms with E-state index in [1.165, 1.54) is 0 Å². The molecule has 1 atom stereocenters. The largest absolute Gasteiger partial charge is 0.379 e. The molecule has 1 unspecified atom stereocenters. The third-order valence-corrected chi connectivity index (χ3v) is 8.56. The van der Waals surface area contributed by atoms with E-state index >= 15 is 0 Å². The Morgan fingerprint density at radius 2 is 1.90 bits per heavy atom. The van der Waals surface area contributed by atoms with Crippen molar-refractivity contribution < 1.29 is 17.9 Å². The van der Waals surface area contributed by atoms with E-state index in [1.54, 1.807) is 11.2 Å². The SMILES string of the molecule is CCS(=O)(=O)N1CCC(N2CC(=O)N(Cc3ccccc3)CC23CCOC3)CC1. The number of carbonyl (C=O) groups excluding carboxylic acids is 1. The molecule has 3 aliphatic heterocycles. The van der Waals surface area contributed by atoms with Crippen molar-refractivity contribution in [3.8, 4) is 0 Å². The van der Waals surface area contributed by atoms with Crippen molar-refractivity contribution in [2.75, 3.05) is 45.1 Å². The first-order valence-corrected chi connectivity index (χ1v) is 12.2. The number of sulfonamides is 1. The Balaban J connectivity index is 1.48. The molecular formula is C21H31N3O4S. The fraction of sp³-hybridized carbons (Fsp3) is 0.667. The molecule has 0 aromatic heterocycles. The number of amides is 1. The highest BCUT2D eigenvalue weighted by Gasteiger charge is 2.50. The van der Waals surface area contributed by atoms with Gasteiger partial charge in [0.2, 0.25) is 15.9 Å². The molecule has 3 fully saturated rings. The average Bonchev–Trinajstić information content (AvgIpc) is 3.20. The molecule has 7 nitrogen and oxygen atoms in total. The van der Waals surface area contributed by atoms with Crippen LogP contribution in [0.2, 0.25) is 0 Å². The minimum atomic E-state index is -3.14. The Morgan fingerprint density at radius 1 is 1.17 bits per heavy atom. The van der Waals surface area contributed by atoms with Crippen molar-refractivity contribution >= 4 is 15.9 Å². The number of hydrogen-bond acceptors (Lipinski definition) is 5. The van der Waals surface area contributed by atoms with Gasteiger partial charge in [-0.2, -0.15) is 0 Å². The zero-order chi connectivity index (χ0) is 20.5. The van der Waals surface area contributed by atoms with Gasteiger partial charge in [0.25, 0.3) is 0 Å². The number of benzene rings is 1. The summed E-state index contributed by atoms with van der Waals surface area (Å²) in [4.78, 5) is 17.3. The van der Waals surface area contributed by atoms with Gasteiger partial charge >= 0.3 is 0 Å². The number of rotatable bonds is 5. The highest BCUT2D eigenvalue weighted by Crippen LogP contribution is 2.36. The van der Waals surface area contributed by atoms with Gasteiger partial charge in [-0.05, 0) is 31.7 Å². The van der Waals surface area contributed by atoms with E-state index in [2.05, 4.69) is 17.0 Å². The van der Waals surface area contributed by atoms with Gasteiger partial charge < -0.3 is 9.64 Å². The maximum Gasteiger partial charge on any atom is 0.237 e. The van der Waals surface area contributed by atoms with Gasteiger partial charge in [-0.15, -0.1) is 0 Å². The van der Waals surface area contributed by atoms with Gasteiger partial charge in [-0.25, -0.2) is 12.7 Å². The van der Waals surface area contributed by atoms with Crippen molar-refractivity contribution in [3.05, 3.63) is 35.9 Å². The monoisotopic (exact) mass is 421 g/mol. The predicted octanol–water partition coefficient (Wildman–Crippen LogP) is 1.30. The van der Waals surface area contributed by atoms with Crippen molar-refractivity contribution in [3.63, 3.8) is 0 Å². The van der Waals surface area contributed by atoms with Crippen LogP contribution in [-0.4, -0.2) is 85.2 Å². The van der Waals surface area contributed by atoms with Gasteiger partial charge in [0.15, 0.2) is 0 Å². The second-order valence-corrected chi connectivity index (χ2v) is 10.7. The fourth-order valence-electron chi connectivity index (χ4n) is 4.97. The second-order valence-electron chi connectivity index (χ2n) is 8.42. The van der Waals surface area contributed by atoms with Crippen molar-refractivity contribution in [1.82, 2.24) is 14.1 Å². The zero-order valence-electron chi connectivity index (χ0n) is 17.1. The lowest BCUT2D eigenvalue weighted by Crippen LogP contribution is -2.68. The topological polar surface area (TPSA) is 70.2 Å². The third-order valence-electron chi connectivity index (χ3n) is 6.67. The van der Waals surface area contributed by atoms with Crippen molar-refractivity contribution in [2.24, 2.45) is 0 Å². The summed E-state index contributed by atoms with van der Waals surface area (Å²) in [6, 6.07) is 10.3. The van der Waals surface area contributed by atoms with Crippen LogP contribution in [0.3, 0.4) is 0 Å². The fourth-order valence-corrected chi connectivity index (χ4v) is 6.11. The molecule has 1 aromatic rings. The molecule has 0 bridgehead atoms. The average molecular weight is 422 g/mol. The Kier molecular flexibility index (Phi) is 5.97. The van der Waals surface area contributed by atoms with Crippen LogP contribution in [0.5, 0.6) is 0 Å². The molecule has 0 saturated carbocycles. The number of piperazine rings is 1. The van der Waals surface area contributed by atoms with Gasteiger partial charge in [-0.3, -0.25) is 9.69 Å². The molecule has 3 aliphatic rings. The summed E-state index contributed by atoms with van der Waals surface area (Å²) in [7, 11) is -3.14. The summed E-state index contributed by atoms with van der Waals surface area (Å²) in [5.41, 5.74) is 0.987. The number of carbonyl (C=O) groups is 1. The summed E-state index contributed by atoms with van der Waals surface area (Å²) < 4.78 is 31.8. The van der Waals surface area contributed by atoms with Gasteiger partial charge in [0, 0.05) is 38.8 Å². The Hall–Kier alpha value is -1.48. The van der Waals surface area contributed by atoms with Crippen molar-refractivity contribution in [1.29, 1.82) is 0 Å². The molecule has 1 spiro atoms. The van der Waals surface area contributed by atoms with Crippen molar-refractivity contribution in [2.45, 2.75) is 44.3 Å². The lowest BCUT2D eigenvalue weighted by molar-refractivity contribution is -0.148. The molecule has 4 rings (SSSR count). The molecule has 8 heteroatoms. The number of hydrogen-bond donors (Lipinski definition) is 0. The van der Waals surface area contributed by atoms with E-state index in [1.807, 2.05) is 23.1 Å². The number of piperidine rings is 1. The third kappa shape index (κ3) is 4.21. The standard InChI is InChI=1S/C21H31N3O4S/c1-2-29(26,27)23-11-8-19(9-12-23)24-15-20(25)22(14-18-6-4-3-5-7-18)16-21(24)10-13-28-17-21/h3-7,19H,2,8-17H2,1H3. The Labute approximate surface area is 173 Å². The summed E-state index contributed by atoms with van der Waals surface area (Å²) in [6.07, 6.45) is 2.46. The molecule has 160 valence electrons. The van der Waals surface area contributed by atoms with E-state index in [9.17, 15) is 13.2 Å². The molecule has 3 heterocycles. The number of ether oxygens (including phenoxy) is 1. The first-order valence-electron chi connectivity index (χ1n) is 10.6. The lowest BCUT2D eigenvalue weighted by atomic mass is 9.88. The number of nitrogens with zero attached hydrogens (tertiary/aromatic N) is 3. The molecule has 0 N–H and O–H groups in total. The zero-order valence-corrected chi connectivity index (χ0v) is 17.9. The molecular weight excluding hydrogens is 390 g/mol. The second kappa shape index (κ2) is 8.34. The summed E-state index contributed by atoms with van der Waals surface area (Å²) >= 11 is 0. The first-order chi connectivity index (χ1) is 13.9. The van der Waals surface area contributed by atoms with Gasteiger partial charge in [-0.1, -0.05) is 30.3 Å². The van der Waals surface area contributed by atoms with Crippen LogP contribution in [-0.2, 0) is 26.1 Å². The van der Waals surface area contributed by atoms with E-state index < -0.39 is 10.0 Å². The van der Waals surface area contributed by atoms with E-state index in [0.717, 1.165) is 24.8 Å². The van der Waals surface area contributed by atoms with Crippen LogP contribution in [0, 0.1) is 0 Å². The minimum absolute atomic E-state index is 0.145. The van der Waals surface area contributed by atoms with E-state index in [0.29, 0.717) is 45.9 Å². The molecule has 1 aromatic carbocycles. The molecule has 3 saturated heterocycles. The summed E-state index contributed by atoms with van der Waals surface area (Å²) in [5.74, 6) is 0.293. The normalized spacial score (nSPS) is 27.8. The Morgan fingerprint density at radius 3 is 2.52 bits per heavy atom. The quantitative estimate of drug-likeness (QED) is 0.717.